The predicted octanol–water partition coefficient (Wildman–Crippen LogP) is 4.27. The fourth-order valence-corrected chi connectivity index (χ4v) is 2.95. The van der Waals surface area contributed by atoms with Crippen molar-refractivity contribution in [2.45, 2.75) is 12.8 Å². The summed E-state index contributed by atoms with van der Waals surface area (Å²) in [5.74, 6) is -0.374. The van der Waals surface area contributed by atoms with Gasteiger partial charge in [0.05, 0.1) is 6.42 Å². The number of cyclic esters (lactones) is 1. The van der Waals surface area contributed by atoms with Crippen LogP contribution in [0.4, 0.5) is 10.1 Å². The Kier molecular flexibility index (Phi) is 5.63. The molecule has 1 aliphatic heterocycles. The Morgan fingerprint density at radius 3 is 2.38 bits per heavy atom. The van der Waals surface area contributed by atoms with E-state index in [-0.39, 0.29) is 24.1 Å². The number of ether oxygens (including phenoxy) is 1. The quantitative estimate of drug-likeness (QED) is 0.741. The van der Waals surface area contributed by atoms with Gasteiger partial charge in [-0.2, -0.15) is 0 Å². The first kappa shape index (κ1) is 18.1. The summed E-state index contributed by atoms with van der Waals surface area (Å²) < 4.78 is 17.9. The third-order valence-corrected chi connectivity index (χ3v) is 4.24. The van der Waals surface area contributed by atoms with Crippen molar-refractivity contribution in [3.63, 3.8) is 0 Å². The van der Waals surface area contributed by atoms with Crippen LogP contribution in [-0.4, -0.2) is 11.9 Å². The number of esters is 1. The van der Waals surface area contributed by atoms with Crippen LogP contribution in [0.25, 0.3) is 0 Å². The van der Waals surface area contributed by atoms with Crippen LogP contribution in [0.3, 0.4) is 0 Å². The van der Waals surface area contributed by atoms with E-state index < -0.39 is 0 Å². The molecule has 0 bridgehead atoms. The molecule has 0 saturated heterocycles. The van der Waals surface area contributed by atoms with E-state index >= 15 is 0 Å². The van der Waals surface area contributed by atoms with Crippen LogP contribution in [0.1, 0.15) is 11.1 Å². The highest BCUT2D eigenvalue weighted by Crippen LogP contribution is 2.25. The Balaban J connectivity index is 1.59. The fourth-order valence-electron chi connectivity index (χ4n) is 2.57. The van der Waals surface area contributed by atoms with Gasteiger partial charge in [0.1, 0.15) is 11.6 Å². The molecule has 0 spiro atoms. The molecule has 1 aliphatic rings. The average molecular weight is 416 g/mol. The van der Waals surface area contributed by atoms with E-state index in [1.807, 2.05) is 12.1 Å². The van der Waals surface area contributed by atoms with Crippen molar-refractivity contribution >= 4 is 33.5 Å². The van der Waals surface area contributed by atoms with E-state index in [2.05, 4.69) is 21.2 Å². The second-order valence-corrected chi connectivity index (χ2v) is 6.25. The lowest BCUT2D eigenvalue weighted by Gasteiger charge is -2.08. The zero-order chi connectivity index (χ0) is 18.5. The lowest BCUT2D eigenvalue weighted by molar-refractivity contribution is -0.132. The number of allylic oxidation sites excluding steroid dienone is 1. The molecule has 6 heteroatoms. The van der Waals surface area contributed by atoms with Gasteiger partial charge in [0.25, 0.3) is 0 Å². The largest absolute Gasteiger partial charge is 0.422 e. The van der Waals surface area contributed by atoms with E-state index in [1.165, 1.54) is 18.2 Å². The van der Waals surface area contributed by atoms with Crippen LogP contribution >= 0.6 is 15.9 Å². The molecular weight excluding hydrogens is 401 g/mol. The molecule has 0 saturated carbocycles. The molecule has 1 N–H and O–H groups in total. The first-order valence-corrected chi connectivity index (χ1v) is 8.81. The highest BCUT2D eigenvalue weighted by atomic mass is 79.9. The highest BCUT2D eigenvalue weighted by molar-refractivity contribution is 9.11. The predicted molar refractivity (Wildman–Crippen MR) is 100 cm³/mol. The number of anilines is 1. The Labute approximate surface area is 158 Å². The van der Waals surface area contributed by atoms with Gasteiger partial charge in [-0.1, -0.05) is 40.2 Å². The summed E-state index contributed by atoms with van der Waals surface area (Å²) in [5, 5.41) is 2.81. The standard InChI is InChI=1S/C20H15BrFNO3/c21-12-18-15(11-20(25)26-18)9-13-3-7-17(8-4-13)23-19(24)10-14-1-5-16(22)6-2-14/h1-8,11-12H,9-10H2,(H,23,24)/b18-12+. The molecule has 0 atom stereocenters. The molecule has 0 aromatic heterocycles. The van der Waals surface area contributed by atoms with Crippen molar-refractivity contribution in [1.82, 2.24) is 0 Å². The molecule has 0 radical (unpaired) electrons. The maximum atomic E-state index is 12.9. The van der Waals surface area contributed by atoms with Gasteiger partial charge in [-0.05, 0) is 35.4 Å². The molecular formula is C20H15BrFNO3. The highest BCUT2D eigenvalue weighted by Gasteiger charge is 2.19. The van der Waals surface area contributed by atoms with Gasteiger partial charge in [0, 0.05) is 28.7 Å². The van der Waals surface area contributed by atoms with E-state index in [4.69, 9.17) is 4.74 Å². The smallest absolute Gasteiger partial charge is 0.336 e. The summed E-state index contributed by atoms with van der Waals surface area (Å²) in [5.41, 5.74) is 3.19. The van der Waals surface area contributed by atoms with Crippen LogP contribution in [-0.2, 0) is 27.2 Å². The number of hydrogen-bond acceptors (Lipinski definition) is 3. The van der Waals surface area contributed by atoms with Crippen molar-refractivity contribution < 1.29 is 18.7 Å². The lowest BCUT2D eigenvalue weighted by Crippen LogP contribution is -2.14. The Morgan fingerprint density at radius 2 is 1.73 bits per heavy atom. The molecule has 0 unspecified atom stereocenters. The van der Waals surface area contributed by atoms with Crippen LogP contribution in [0.15, 0.2) is 70.9 Å². The maximum absolute atomic E-state index is 12.9. The number of benzene rings is 2. The van der Waals surface area contributed by atoms with Gasteiger partial charge >= 0.3 is 5.97 Å². The van der Waals surface area contributed by atoms with E-state index in [1.54, 1.807) is 29.3 Å². The summed E-state index contributed by atoms with van der Waals surface area (Å²) in [6.45, 7) is 0. The Morgan fingerprint density at radius 1 is 1.08 bits per heavy atom. The van der Waals surface area contributed by atoms with Crippen molar-refractivity contribution in [3.8, 4) is 0 Å². The topological polar surface area (TPSA) is 55.4 Å². The normalized spacial score (nSPS) is 14.9. The molecule has 2 aromatic carbocycles. The minimum Gasteiger partial charge on any atom is -0.422 e. The van der Waals surface area contributed by atoms with Crippen LogP contribution in [0.5, 0.6) is 0 Å². The van der Waals surface area contributed by atoms with Gasteiger partial charge < -0.3 is 10.1 Å². The molecule has 0 fully saturated rings. The number of rotatable bonds is 5. The minimum absolute atomic E-state index is 0.174. The van der Waals surface area contributed by atoms with Gasteiger partial charge in [-0.15, -0.1) is 0 Å². The Bertz CT molecular complexity index is 886. The van der Waals surface area contributed by atoms with Gasteiger partial charge in [0.15, 0.2) is 0 Å². The van der Waals surface area contributed by atoms with E-state index in [0.717, 1.165) is 16.7 Å². The minimum atomic E-state index is -0.379. The molecule has 1 amide bonds. The SMILES string of the molecule is O=C(Cc1ccc(F)cc1)Nc1ccc(CC2=CC(=O)O/C2=C/Br)cc1. The number of amides is 1. The van der Waals surface area contributed by atoms with Gasteiger partial charge in [-0.25, -0.2) is 9.18 Å². The second kappa shape index (κ2) is 8.10. The third-order valence-electron chi connectivity index (χ3n) is 3.83. The number of nitrogens with one attached hydrogen (secondary N) is 1. The third kappa shape index (κ3) is 4.67. The summed E-state index contributed by atoms with van der Waals surface area (Å²) >= 11 is 3.18. The van der Waals surface area contributed by atoms with Gasteiger partial charge in [-0.3, -0.25) is 4.79 Å². The zero-order valence-electron chi connectivity index (χ0n) is 13.7. The summed E-state index contributed by atoms with van der Waals surface area (Å²) in [6.07, 6.45) is 2.19. The fraction of sp³-hybridized carbons (Fsp3) is 0.100. The number of carbonyl (C=O) groups is 2. The molecule has 3 rings (SSSR count). The summed E-state index contributed by atoms with van der Waals surface area (Å²) in [4.78, 5) is 25.0. The molecule has 132 valence electrons. The van der Waals surface area contributed by atoms with Crippen molar-refractivity contribution in [2.75, 3.05) is 5.32 Å². The van der Waals surface area contributed by atoms with Crippen molar-refractivity contribution in [2.24, 2.45) is 0 Å². The first-order valence-electron chi connectivity index (χ1n) is 7.90. The summed E-state index contributed by atoms with van der Waals surface area (Å²) in [6, 6.07) is 13.2. The molecule has 1 heterocycles. The summed E-state index contributed by atoms with van der Waals surface area (Å²) in [7, 11) is 0. The van der Waals surface area contributed by atoms with Crippen molar-refractivity contribution in [1.29, 1.82) is 0 Å². The monoisotopic (exact) mass is 415 g/mol. The van der Waals surface area contributed by atoms with Crippen LogP contribution in [0, 0.1) is 5.82 Å². The molecule has 2 aromatic rings. The Hall–Kier alpha value is -2.73. The molecule has 4 nitrogen and oxygen atoms in total. The maximum Gasteiger partial charge on any atom is 0.336 e. The van der Waals surface area contributed by atoms with Gasteiger partial charge in [0.2, 0.25) is 5.91 Å². The average Bonchev–Trinajstić information content (AvgIpc) is 2.98. The number of carbonyl (C=O) groups excluding carboxylic acids is 2. The molecule has 26 heavy (non-hydrogen) atoms. The second-order valence-electron chi connectivity index (χ2n) is 5.79. The zero-order valence-corrected chi connectivity index (χ0v) is 15.3. The van der Waals surface area contributed by atoms with Crippen LogP contribution in [0.2, 0.25) is 0 Å². The number of hydrogen-bond donors (Lipinski definition) is 1. The first-order chi connectivity index (χ1) is 12.5. The number of halogens is 2. The van der Waals surface area contributed by atoms with Crippen LogP contribution < -0.4 is 5.32 Å². The molecule has 0 aliphatic carbocycles. The van der Waals surface area contributed by atoms with Crippen molar-refractivity contribution in [3.05, 3.63) is 87.9 Å². The lowest BCUT2D eigenvalue weighted by atomic mass is 10.0. The van der Waals surface area contributed by atoms with E-state index in [9.17, 15) is 14.0 Å². The van der Waals surface area contributed by atoms with E-state index in [0.29, 0.717) is 17.9 Å².